The van der Waals surface area contributed by atoms with E-state index < -0.39 is 5.97 Å². The summed E-state index contributed by atoms with van der Waals surface area (Å²) in [6.45, 7) is 4.56. The van der Waals surface area contributed by atoms with E-state index in [0.717, 1.165) is 77.0 Å². The van der Waals surface area contributed by atoms with E-state index >= 15 is 0 Å². The van der Waals surface area contributed by atoms with Crippen LogP contribution in [0.15, 0.2) is 24.3 Å². The third-order valence-electron chi connectivity index (χ3n) is 10.7. The van der Waals surface area contributed by atoms with Gasteiger partial charge in [-0.15, -0.1) is 0 Å². The predicted molar refractivity (Wildman–Crippen MR) is 227 cm³/mol. The highest BCUT2D eigenvalue weighted by Gasteiger charge is 2.14. The molecule has 0 aliphatic carbocycles. The van der Waals surface area contributed by atoms with Crippen LogP contribution in [-0.2, 0) is 14.3 Å². The highest BCUT2D eigenvalue weighted by molar-refractivity contribution is 5.69. The molecule has 0 aliphatic rings. The van der Waals surface area contributed by atoms with E-state index in [9.17, 15) is 9.59 Å². The van der Waals surface area contributed by atoms with E-state index in [4.69, 9.17) is 9.84 Å². The third kappa shape index (κ3) is 42.8. The van der Waals surface area contributed by atoms with Crippen molar-refractivity contribution in [1.82, 2.24) is 0 Å². The Hall–Kier alpha value is -1.58. The van der Waals surface area contributed by atoms with Gasteiger partial charge in [-0.2, -0.15) is 0 Å². The highest BCUT2D eigenvalue weighted by Crippen LogP contribution is 2.19. The first-order valence-electron chi connectivity index (χ1n) is 23.3. The summed E-state index contributed by atoms with van der Waals surface area (Å²) in [4.78, 5) is 23.5. The second-order valence-corrected chi connectivity index (χ2v) is 15.9. The first-order chi connectivity index (χ1) is 25.6. The molecule has 0 radical (unpaired) electrons. The Morgan fingerprint density at radius 1 is 0.423 bits per heavy atom. The Kier molecular flexibility index (Phi) is 42.5. The van der Waals surface area contributed by atoms with Gasteiger partial charge in [0, 0.05) is 12.8 Å². The Bertz CT molecular complexity index is 787. The lowest BCUT2D eigenvalue weighted by atomic mass is 10.0. The fraction of sp³-hybridized carbons (Fsp3) is 0.875. The van der Waals surface area contributed by atoms with Crippen LogP contribution in [0.5, 0.6) is 0 Å². The Morgan fingerprint density at radius 3 is 1.21 bits per heavy atom. The van der Waals surface area contributed by atoms with Crippen molar-refractivity contribution in [2.45, 2.75) is 270 Å². The van der Waals surface area contributed by atoms with Gasteiger partial charge in [-0.05, 0) is 64.2 Å². The fourth-order valence-electron chi connectivity index (χ4n) is 7.22. The molecular weight excluding hydrogens is 641 g/mol. The molecule has 0 saturated heterocycles. The quantitative estimate of drug-likeness (QED) is 0.0385. The van der Waals surface area contributed by atoms with Crippen LogP contribution in [0, 0.1) is 0 Å². The smallest absolute Gasteiger partial charge is 0.306 e. The topological polar surface area (TPSA) is 63.6 Å². The Labute approximate surface area is 325 Å². The summed E-state index contributed by atoms with van der Waals surface area (Å²) in [5.41, 5.74) is 0. The standard InChI is InChI=1S/C48H90O4/c1-3-5-7-9-11-13-15-17-18-19-20-21-22-23-24-26-28-30-32-37-41-45-48(51)52-46(43-39-35-33-36-40-44-47(49)50)42-38-34-31-29-27-25-16-14-12-10-8-6-4-2/h16,25,29,31,46H,3-15,17-24,26-28,30,32-45H2,1-2H3,(H,49,50)/b25-16-,31-29-. The number of ether oxygens (including phenoxy) is 1. The number of allylic oxidation sites excluding steroid dienone is 4. The van der Waals surface area contributed by atoms with Crippen LogP contribution in [0.3, 0.4) is 0 Å². The van der Waals surface area contributed by atoms with E-state index in [1.165, 1.54) is 161 Å². The van der Waals surface area contributed by atoms with E-state index in [1.807, 2.05) is 0 Å². The molecule has 0 spiro atoms. The number of unbranched alkanes of at least 4 members (excludes halogenated alkanes) is 30. The number of carbonyl (C=O) groups is 2. The van der Waals surface area contributed by atoms with Crippen molar-refractivity contribution in [1.29, 1.82) is 0 Å². The van der Waals surface area contributed by atoms with Crippen LogP contribution in [0.25, 0.3) is 0 Å². The number of aliphatic carboxylic acids is 1. The molecule has 1 unspecified atom stereocenters. The van der Waals surface area contributed by atoms with Crippen LogP contribution in [0.2, 0.25) is 0 Å². The summed E-state index contributed by atoms with van der Waals surface area (Å²) in [6.07, 6.45) is 56.5. The van der Waals surface area contributed by atoms with Crippen LogP contribution >= 0.6 is 0 Å². The molecule has 0 amide bonds. The van der Waals surface area contributed by atoms with Crippen LogP contribution in [-0.4, -0.2) is 23.1 Å². The van der Waals surface area contributed by atoms with Gasteiger partial charge in [0.05, 0.1) is 0 Å². The molecule has 0 aromatic heterocycles. The minimum absolute atomic E-state index is 0.0142. The number of esters is 1. The summed E-state index contributed by atoms with van der Waals surface area (Å²) in [6, 6.07) is 0. The molecule has 0 saturated carbocycles. The summed E-state index contributed by atoms with van der Waals surface area (Å²) in [5, 5.41) is 8.84. The lowest BCUT2D eigenvalue weighted by molar-refractivity contribution is -0.150. The zero-order valence-electron chi connectivity index (χ0n) is 35.1. The predicted octanol–water partition coefficient (Wildman–Crippen LogP) is 16.3. The molecule has 0 bridgehead atoms. The van der Waals surface area contributed by atoms with Crippen LogP contribution in [0.4, 0.5) is 0 Å². The maximum absolute atomic E-state index is 12.7. The van der Waals surface area contributed by atoms with Gasteiger partial charge < -0.3 is 9.84 Å². The molecule has 0 aliphatic heterocycles. The molecule has 0 fully saturated rings. The number of carboxylic acid groups (broad SMARTS) is 1. The number of hydrogen-bond acceptors (Lipinski definition) is 3. The molecular formula is C48H90O4. The molecule has 52 heavy (non-hydrogen) atoms. The number of carboxylic acids is 1. The van der Waals surface area contributed by atoms with Gasteiger partial charge >= 0.3 is 11.9 Å². The van der Waals surface area contributed by atoms with E-state index in [1.54, 1.807) is 0 Å². The molecule has 0 heterocycles. The molecule has 4 heteroatoms. The monoisotopic (exact) mass is 731 g/mol. The summed E-state index contributed by atoms with van der Waals surface area (Å²) >= 11 is 0. The fourth-order valence-corrected chi connectivity index (χ4v) is 7.22. The molecule has 0 aromatic carbocycles. The summed E-state index contributed by atoms with van der Waals surface area (Å²) in [5.74, 6) is -0.718. The number of rotatable bonds is 43. The van der Waals surface area contributed by atoms with Crippen molar-refractivity contribution in [3.8, 4) is 0 Å². The maximum Gasteiger partial charge on any atom is 0.306 e. The van der Waals surface area contributed by atoms with E-state index in [0.29, 0.717) is 6.42 Å². The highest BCUT2D eigenvalue weighted by atomic mass is 16.5. The first kappa shape index (κ1) is 50.4. The number of carbonyl (C=O) groups excluding carboxylic acids is 1. The van der Waals surface area contributed by atoms with Crippen molar-refractivity contribution >= 4 is 11.9 Å². The molecule has 1 N–H and O–H groups in total. The zero-order chi connectivity index (χ0) is 37.8. The van der Waals surface area contributed by atoms with Gasteiger partial charge in [0.2, 0.25) is 0 Å². The molecule has 306 valence electrons. The minimum Gasteiger partial charge on any atom is -0.481 e. The van der Waals surface area contributed by atoms with Gasteiger partial charge in [-0.3, -0.25) is 9.59 Å². The lowest BCUT2D eigenvalue weighted by Crippen LogP contribution is -2.18. The Morgan fingerprint density at radius 2 is 0.769 bits per heavy atom. The van der Waals surface area contributed by atoms with Gasteiger partial charge in [-0.1, -0.05) is 212 Å². The zero-order valence-corrected chi connectivity index (χ0v) is 35.1. The maximum atomic E-state index is 12.7. The first-order valence-corrected chi connectivity index (χ1v) is 23.3. The van der Waals surface area contributed by atoms with Gasteiger partial charge in [0.25, 0.3) is 0 Å². The average Bonchev–Trinajstić information content (AvgIpc) is 3.13. The minimum atomic E-state index is -0.703. The van der Waals surface area contributed by atoms with E-state index in [-0.39, 0.29) is 18.5 Å². The van der Waals surface area contributed by atoms with Crippen LogP contribution in [0.1, 0.15) is 264 Å². The second-order valence-electron chi connectivity index (χ2n) is 15.9. The summed E-state index contributed by atoms with van der Waals surface area (Å²) in [7, 11) is 0. The number of hydrogen-bond donors (Lipinski definition) is 1. The third-order valence-corrected chi connectivity index (χ3v) is 10.7. The summed E-state index contributed by atoms with van der Waals surface area (Å²) < 4.78 is 6.01. The van der Waals surface area contributed by atoms with E-state index in [2.05, 4.69) is 38.2 Å². The molecule has 4 nitrogen and oxygen atoms in total. The van der Waals surface area contributed by atoms with Crippen molar-refractivity contribution in [2.24, 2.45) is 0 Å². The van der Waals surface area contributed by atoms with Gasteiger partial charge in [0.1, 0.15) is 6.10 Å². The van der Waals surface area contributed by atoms with Gasteiger partial charge in [-0.25, -0.2) is 0 Å². The van der Waals surface area contributed by atoms with Crippen molar-refractivity contribution < 1.29 is 19.4 Å². The normalized spacial score (nSPS) is 12.3. The van der Waals surface area contributed by atoms with Crippen molar-refractivity contribution in [3.63, 3.8) is 0 Å². The SMILES string of the molecule is CCCCCCC/C=C\C/C=C\CCCC(CCCCCCCC(=O)O)OC(=O)CCCCCCCCCCCCCCCCCCCCCCC. The molecule has 0 rings (SSSR count). The largest absolute Gasteiger partial charge is 0.481 e. The molecule has 0 aromatic rings. The molecule has 1 atom stereocenters. The average molecular weight is 731 g/mol. The van der Waals surface area contributed by atoms with Crippen molar-refractivity contribution in [2.75, 3.05) is 0 Å². The van der Waals surface area contributed by atoms with Crippen LogP contribution < -0.4 is 0 Å². The van der Waals surface area contributed by atoms with Crippen molar-refractivity contribution in [3.05, 3.63) is 24.3 Å². The van der Waals surface area contributed by atoms with Gasteiger partial charge in [0.15, 0.2) is 0 Å². The second kappa shape index (κ2) is 43.8. The lowest BCUT2D eigenvalue weighted by Gasteiger charge is -2.18. The Balaban J connectivity index is 3.94.